The number of amides is 1. The normalized spacial score (nSPS) is 27.5. The first kappa shape index (κ1) is 20.2. The second-order valence-electron chi connectivity index (χ2n) is 8.90. The largest absolute Gasteiger partial charge is 0.508 e. The van der Waals surface area contributed by atoms with Gasteiger partial charge >= 0.3 is 0 Å². The molecule has 1 heterocycles. The summed E-state index contributed by atoms with van der Waals surface area (Å²) in [6.45, 7) is 3.64. The second kappa shape index (κ2) is 8.19. The molecule has 0 saturated heterocycles. The predicted molar refractivity (Wildman–Crippen MR) is 109 cm³/mol. The molecule has 3 rings (SSSR count). The monoisotopic (exact) mass is 373 g/mol. The summed E-state index contributed by atoms with van der Waals surface area (Å²) in [4.78, 5) is 17.2. The molecule has 2 unspecified atom stereocenters. The molecule has 1 amide bonds. The van der Waals surface area contributed by atoms with E-state index in [1.165, 1.54) is 24.8 Å². The molecular formula is C22H35N3O2. The number of hydrogen-bond donors (Lipinski definition) is 2. The summed E-state index contributed by atoms with van der Waals surface area (Å²) in [5.41, 5.74) is 8.32. The number of likely N-dealkylation sites (N-methyl/N-ethyl adjacent to an activating group) is 2. The number of fused-ring (bicyclic) bond motifs is 1. The lowest BCUT2D eigenvalue weighted by Gasteiger charge is -2.39. The fraction of sp³-hybridized carbons (Fsp3) is 0.682. The van der Waals surface area contributed by atoms with Crippen molar-refractivity contribution in [3.05, 3.63) is 29.3 Å². The first-order valence-corrected chi connectivity index (χ1v) is 10.3. The van der Waals surface area contributed by atoms with Crippen molar-refractivity contribution < 1.29 is 9.90 Å². The van der Waals surface area contributed by atoms with Crippen LogP contribution in [-0.2, 0) is 16.8 Å². The number of aromatic hydroxyl groups is 1. The molecule has 3 N–H and O–H groups in total. The van der Waals surface area contributed by atoms with Crippen LogP contribution in [-0.4, -0.2) is 54.0 Å². The van der Waals surface area contributed by atoms with Gasteiger partial charge in [0.1, 0.15) is 5.75 Å². The molecule has 27 heavy (non-hydrogen) atoms. The third-order valence-electron chi connectivity index (χ3n) is 6.59. The van der Waals surface area contributed by atoms with E-state index in [4.69, 9.17) is 5.73 Å². The fourth-order valence-electron chi connectivity index (χ4n) is 4.68. The van der Waals surface area contributed by atoms with Crippen LogP contribution < -0.4 is 5.73 Å². The number of rotatable bonds is 3. The predicted octanol–water partition coefficient (Wildman–Crippen LogP) is 2.85. The van der Waals surface area contributed by atoms with Crippen LogP contribution in [0.3, 0.4) is 0 Å². The van der Waals surface area contributed by atoms with Gasteiger partial charge in [0.2, 0.25) is 5.91 Å². The lowest BCUT2D eigenvalue weighted by molar-refractivity contribution is -0.136. The quantitative estimate of drug-likeness (QED) is 0.855. The third kappa shape index (κ3) is 4.64. The lowest BCUT2D eigenvalue weighted by atomic mass is 9.82. The van der Waals surface area contributed by atoms with Gasteiger partial charge in [0, 0.05) is 37.6 Å². The maximum Gasteiger partial charge on any atom is 0.225 e. The summed E-state index contributed by atoms with van der Waals surface area (Å²) in [6, 6.07) is 5.80. The summed E-state index contributed by atoms with van der Waals surface area (Å²) in [5, 5.41) is 9.94. The Morgan fingerprint density at radius 1 is 1.33 bits per heavy atom. The van der Waals surface area contributed by atoms with E-state index in [0.29, 0.717) is 5.91 Å². The van der Waals surface area contributed by atoms with Gasteiger partial charge in [-0.05, 0) is 62.9 Å². The van der Waals surface area contributed by atoms with Crippen molar-refractivity contribution in [1.29, 1.82) is 0 Å². The van der Waals surface area contributed by atoms with E-state index in [-0.39, 0.29) is 17.7 Å². The van der Waals surface area contributed by atoms with Crippen LogP contribution in [0, 0.1) is 5.92 Å². The van der Waals surface area contributed by atoms with Gasteiger partial charge in [-0.25, -0.2) is 0 Å². The molecule has 5 nitrogen and oxygen atoms in total. The zero-order chi connectivity index (χ0) is 19.6. The van der Waals surface area contributed by atoms with Crippen LogP contribution in [0.2, 0.25) is 0 Å². The van der Waals surface area contributed by atoms with E-state index in [9.17, 15) is 9.90 Å². The zero-order valence-electron chi connectivity index (χ0n) is 17.1. The molecule has 1 fully saturated rings. The molecule has 0 aromatic heterocycles. The van der Waals surface area contributed by atoms with Gasteiger partial charge < -0.3 is 20.6 Å². The lowest BCUT2D eigenvalue weighted by Crippen LogP contribution is -2.49. The Morgan fingerprint density at radius 2 is 2.04 bits per heavy atom. The molecule has 1 saturated carbocycles. The first-order chi connectivity index (χ1) is 12.8. The topological polar surface area (TPSA) is 69.8 Å². The number of phenols is 1. The Bertz CT molecular complexity index is 668. The molecule has 1 aliphatic heterocycles. The fourth-order valence-corrected chi connectivity index (χ4v) is 4.68. The van der Waals surface area contributed by atoms with Crippen LogP contribution >= 0.6 is 0 Å². The highest BCUT2D eigenvalue weighted by molar-refractivity contribution is 5.78. The summed E-state index contributed by atoms with van der Waals surface area (Å²) in [5.74, 6) is 0.777. The Morgan fingerprint density at radius 3 is 2.74 bits per heavy atom. The van der Waals surface area contributed by atoms with Gasteiger partial charge in [-0.3, -0.25) is 4.79 Å². The summed E-state index contributed by atoms with van der Waals surface area (Å²) in [6.07, 6.45) is 7.35. The smallest absolute Gasteiger partial charge is 0.225 e. The Hall–Kier alpha value is -1.59. The molecule has 1 aliphatic carbocycles. The summed E-state index contributed by atoms with van der Waals surface area (Å²) in [7, 11) is 4.08. The number of benzene rings is 1. The molecule has 1 aromatic carbocycles. The first-order valence-electron chi connectivity index (χ1n) is 10.3. The van der Waals surface area contributed by atoms with Crippen molar-refractivity contribution in [2.24, 2.45) is 11.7 Å². The number of carbonyl (C=O) groups is 1. The van der Waals surface area contributed by atoms with E-state index in [1.807, 2.05) is 31.0 Å². The summed E-state index contributed by atoms with van der Waals surface area (Å²) >= 11 is 0. The number of nitrogens with two attached hydrogens (primary N) is 1. The van der Waals surface area contributed by atoms with Crippen molar-refractivity contribution in [3.63, 3.8) is 0 Å². The van der Waals surface area contributed by atoms with E-state index in [1.54, 1.807) is 6.07 Å². The van der Waals surface area contributed by atoms with Crippen LogP contribution in [0.1, 0.15) is 56.6 Å². The van der Waals surface area contributed by atoms with Gasteiger partial charge in [0.05, 0.1) is 0 Å². The minimum atomic E-state index is -0.461. The highest BCUT2D eigenvalue weighted by atomic mass is 16.3. The van der Waals surface area contributed by atoms with Gasteiger partial charge in [-0.2, -0.15) is 0 Å². The van der Waals surface area contributed by atoms with E-state index < -0.39 is 5.54 Å². The zero-order valence-corrected chi connectivity index (χ0v) is 17.1. The summed E-state index contributed by atoms with van der Waals surface area (Å²) < 4.78 is 0. The number of phenolic OH excluding ortho intramolecular Hbond substituents is 1. The van der Waals surface area contributed by atoms with Crippen LogP contribution in [0.25, 0.3) is 0 Å². The Labute approximate surface area is 163 Å². The molecule has 5 heteroatoms. The van der Waals surface area contributed by atoms with Crippen molar-refractivity contribution in [1.82, 2.24) is 9.80 Å². The highest BCUT2D eigenvalue weighted by Crippen LogP contribution is 2.32. The van der Waals surface area contributed by atoms with Crippen LogP contribution in [0.5, 0.6) is 5.75 Å². The van der Waals surface area contributed by atoms with E-state index in [2.05, 4.69) is 11.9 Å². The molecule has 150 valence electrons. The average molecular weight is 374 g/mol. The van der Waals surface area contributed by atoms with Crippen molar-refractivity contribution >= 4 is 5.91 Å². The van der Waals surface area contributed by atoms with E-state index >= 15 is 0 Å². The molecule has 0 spiro atoms. The van der Waals surface area contributed by atoms with E-state index in [0.717, 1.165) is 44.3 Å². The number of nitrogens with zero attached hydrogens (tertiary/aromatic N) is 2. The van der Waals surface area contributed by atoms with Crippen LogP contribution in [0.15, 0.2) is 18.2 Å². The van der Waals surface area contributed by atoms with Crippen molar-refractivity contribution in [2.75, 3.05) is 27.2 Å². The second-order valence-corrected chi connectivity index (χ2v) is 8.90. The van der Waals surface area contributed by atoms with Crippen LogP contribution in [0.4, 0.5) is 0 Å². The standard InChI is InChI=1S/C22H35N3O2/c1-22(23)11-12-24(2)18(13-17-9-10-19(26)14-20(17)22)15-25(3)21(27)16-7-5-4-6-8-16/h9-10,14,16,18,26H,4-8,11-13,15,23H2,1-3H3. The average Bonchev–Trinajstić information content (AvgIpc) is 2.66. The van der Waals surface area contributed by atoms with Gasteiger partial charge in [-0.15, -0.1) is 0 Å². The molecule has 0 radical (unpaired) electrons. The van der Waals surface area contributed by atoms with Gasteiger partial charge in [-0.1, -0.05) is 25.3 Å². The van der Waals surface area contributed by atoms with Crippen molar-refractivity contribution in [2.45, 2.75) is 63.5 Å². The SMILES string of the molecule is CN(CC1Cc2ccc(O)cc2C(C)(N)CCN1C)C(=O)C1CCCCC1. The molecule has 2 aliphatic rings. The van der Waals surface area contributed by atoms with Crippen molar-refractivity contribution in [3.8, 4) is 5.75 Å². The van der Waals surface area contributed by atoms with Gasteiger partial charge in [0.25, 0.3) is 0 Å². The maximum absolute atomic E-state index is 12.9. The third-order valence-corrected chi connectivity index (χ3v) is 6.59. The Kier molecular flexibility index (Phi) is 6.11. The minimum absolute atomic E-state index is 0.208. The molecular weight excluding hydrogens is 338 g/mol. The minimum Gasteiger partial charge on any atom is -0.508 e. The number of carbonyl (C=O) groups excluding carboxylic acids is 1. The highest BCUT2D eigenvalue weighted by Gasteiger charge is 2.32. The molecule has 0 bridgehead atoms. The number of hydrogen-bond acceptors (Lipinski definition) is 4. The maximum atomic E-state index is 12.9. The molecule has 1 aromatic rings. The molecule has 2 atom stereocenters. The Balaban J connectivity index is 1.76. The van der Waals surface area contributed by atoms with Gasteiger partial charge in [0.15, 0.2) is 0 Å².